The third kappa shape index (κ3) is 3.84. The van der Waals surface area contributed by atoms with Crippen molar-refractivity contribution in [2.24, 2.45) is 7.05 Å². The number of hydrogen-bond donors (Lipinski definition) is 0. The summed E-state index contributed by atoms with van der Waals surface area (Å²) in [4.78, 5) is 0. The molecule has 2 heteroatoms. The molecule has 0 bridgehead atoms. The summed E-state index contributed by atoms with van der Waals surface area (Å²) < 4.78 is 4.76. The van der Waals surface area contributed by atoms with Gasteiger partial charge < -0.3 is 0 Å². The fraction of sp³-hybridized carbons (Fsp3) is 0.219. The number of aromatic nitrogens is 2. The van der Waals surface area contributed by atoms with Crippen molar-refractivity contribution in [1.29, 1.82) is 0 Å². The molecule has 0 N–H and O–H groups in total. The van der Waals surface area contributed by atoms with E-state index in [-0.39, 0.29) is 5.41 Å². The van der Waals surface area contributed by atoms with E-state index in [0.717, 1.165) is 0 Å². The summed E-state index contributed by atoms with van der Waals surface area (Å²) in [5.41, 5.74) is 11.4. The summed E-state index contributed by atoms with van der Waals surface area (Å²) in [6, 6.07) is 33.2. The highest BCUT2D eigenvalue weighted by Crippen LogP contribution is 2.33. The van der Waals surface area contributed by atoms with Crippen molar-refractivity contribution in [2.75, 3.05) is 0 Å². The number of rotatable bonds is 3. The lowest BCUT2D eigenvalue weighted by Gasteiger charge is -2.20. The van der Waals surface area contributed by atoms with Crippen molar-refractivity contribution in [1.82, 2.24) is 4.57 Å². The first-order chi connectivity index (χ1) is 16.2. The summed E-state index contributed by atoms with van der Waals surface area (Å²) in [5.74, 6) is 1.21. The molecule has 170 valence electrons. The largest absolute Gasteiger partial charge is 0.295 e. The van der Waals surface area contributed by atoms with Crippen LogP contribution in [-0.2, 0) is 12.5 Å². The van der Waals surface area contributed by atoms with Crippen LogP contribution in [0, 0.1) is 13.8 Å². The summed E-state index contributed by atoms with van der Waals surface area (Å²) >= 11 is 0. The number of hydrogen-bond acceptors (Lipinski definition) is 0. The summed E-state index contributed by atoms with van der Waals surface area (Å²) in [6.07, 6.45) is 0. The molecule has 0 radical (unpaired) electrons. The number of fused-ring (bicyclic) bond motifs is 1. The third-order valence-electron chi connectivity index (χ3n) is 6.84. The van der Waals surface area contributed by atoms with Gasteiger partial charge in [-0.15, -0.1) is 0 Å². The first-order valence-electron chi connectivity index (χ1n) is 12.0. The highest BCUT2D eigenvalue weighted by atomic mass is 15.2. The van der Waals surface area contributed by atoms with Crippen molar-refractivity contribution in [3.05, 3.63) is 108 Å². The van der Waals surface area contributed by atoms with Gasteiger partial charge in [0.2, 0.25) is 0 Å². The molecular weight excluding hydrogens is 412 g/mol. The zero-order valence-electron chi connectivity index (χ0n) is 21.1. The molecule has 0 spiro atoms. The van der Waals surface area contributed by atoms with Crippen LogP contribution in [0.15, 0.2) is 91.0 Å². The van der Waals surface area contributed by atoms with Gasteiger partial charge in [0.25, 0.3) is 5.82 Å². The Labute approximate surface area is 203 Å². The highest BCUT2D eigenvalue weighted by Gasteiger charge is 2.28. The lowest BCUT2D eigenvalue weighted by molar-refractivity contribution is -0.633. The Kier molecular flexibility index (Phi) is 5.40. The summed E-state index contributed by atoms with van der Waals surface area (Å²) in [7, 11) is 2.19. The Hall–Kier alpha value is -3.65. The van der Waals surface area contributed by atoms with Crippen molar-refractivity contribution < 1.29 is 4.57 Å². The average Bonchev–Trinajstić information content (AvgIpc) is 3.10. The minimum absolute atomic E-state index is 0.0891. The lowest BCUT2D eigenvalue weighted by atomic mass is 9.85. The van der Waals surface area contributed by atoms with E-state index >= 15 is 0 Å². The molecule has 1 aromatic heterocycles. The highest BCUT2D eigenvalue weighted by molar-refractivity contribution is 5.81. The van der Waals surface area contributed by atoms with Crippen LogP contribution in [0.5, 0.6) is 0 Å². The predicted octanol–water partition coefficient (Wildman–Crippen LogP) is 7.70. The molecule has 0 atom stereocenters. The van der Waals surface area contributed by atoms with Crippen LogP contribution in [0.3, 0.4) is 0 Å². The minimum atomic E-state index is 0.0891. The lowest BCUT2D eigenvalue weighted by Crippen LogP contribution is -2.30. The molecule has 34 heavy (non-hydrogen) atoms. The van der Waals surface area contributed by atoms with E-state index in [4.69, 9.17) is 0 Å². The molecule has 1 heterocycles. The first kappa shape index (κ1) is 22.2. The number of aryl methyl sites for hydroxylation is 3. The van der Waals surface area contributed by atoms with Crippen LogP contribution < -0.4 is 4.57 Å². The van der Waals surface area contributed by atoms with E-state index in [2.05, 4.69) is 142 Å². The molecule has 0 amide bonds. The van der Waals surface area contributed by atoms with Gasteiger partial charge in [0.15, 0.2) is 11.0 Å². The van der Waals surface area contributed by atoms with E-state index in [1.165, 1.54) is 55.9 Å². The van der Waals surface area contributed by atoms with Crippen LogP contribution in [-0.4, -0.2) is 4.57 Å². The van der Waals surface area contributed by atoms with Crippen LogP contribution >= 0.6 is 0 Å². The van der Waals surface area contributed by atoms with Gasteiger partial charge in [-0.3, -0.25) is 0 Å². The van der Waals surface area contributed by atoms with Gasteiger partial charge in [0.05, 0.1) is 12.6 Å². The molecule has 0 aliphatic heterocycles. The molecule has 0 aliphatic carbocycles. The van der Waals surface area contributed by atoms with Crippen molar-refractivity contribution >= 4 is 11.0 Å². The van der Waals surface area contributed by atoms with Crippen LogP contribution in [0.4, 0.5) is 0 Å². The first-order valence-corrected chi connectivity index (χ1v) is 12.0. The smallest absolute Gasteiger partial charge is 0.225 e. The van der Waals surface area contributed by atoms with Crippen molar-refractivity contribution in [2.45, 2.75) is 40.0 Å². The second-order valence-corrected chi connectivity index (χ2v) is 10.4. The van der Waals surface area contributed by atoms with Crippen LogP contribution in [0.2, 0.25) is 0 Å². The molecule has 4 aromatic carbocycles. The number of imidazole rings is 1. The molecule has 5 rings (SSSR count). The standard InChI is InChI=1S/C32H33N2/c1-22-12-19-29-30(20-22)34(27-17-14-25(15-18-27)24-10-8-7-9-11-24)31(33(29)6)28-21-26(32(3,4)5)16-13-23(28)2/h7-21H,1-6H3/q+1. The molecule has 0 unspecified atom stereocenters. The Morgan fingerprint density at radius 3 is 2.06 bits per heavy atom. The van der Waals surface area contributed by atoms with Gasteiger partial charge in [0, 0.05) is 0 Å². The van der Waals surface area contributed by atoms with Crippen molar-refractivity contribution in [3.63, 3.8) is 0 Å². The maximum absolute atomic E-state index is 2.42. The molecule has 0 saturated carbocycles. The average molecular weight is 446 g/mol. The van der Waals surface area contributed by atoms with Gasteiger partial charge >= 0.3 is 0 Å². The maximum atomic E-state index is 2.42. The van der Waals surface area contributed by atoms with E-state index < -0.39 is 0 Å². The van der Waals surface area contributed by atoms with Gasteiger partial charge in [-0.25, -0.2) is 4.57 Å². The van der Waals surface area contributed by atoms with Crippen LogP contribution in [0.1, 0.15) is 37.5 Å². The minimum Gasteiger partial charge on any atom is -0.225 e. The van der Waals surface area contributed by atoms with Gasteiger partial charge in [-0.2, -0.15) is 4.57 Å². The van der Waals surface area contributed by atoms with Crippen LogP contribution in [0.25, 0.3) is 39.2 Å². The second-order valence-electron chi connectivity index (χ2n) is 10.4. The Morgan fingerprint density at radius 1 is 0.706 bits per heavy atom. The summed E-state index contributed by atoms with van der Waals surface area (Å²) in [6.45, 7) is 11.2. The van der Waals surface area contributed by atoms with E-state index in [1.54, 1.807) is 0 Å². The van der Waals surface area contributed by atoms with E-state index in [0.29, 0.717) is 0 Å². The molecule has 0 saturated heterocycles. The second kappa shape index (κ2) is 8.29. The molecule has 0 aliphatic rings. The predicted molar refractivity (Wildman–Crippen MR) is 143 cm³/mol. The van der Waals surface area contributed by atoms with Gasteiger partial charge in [0.1, 0.15) is 5.69 Å². The normalized spacial score (nSPS) is 11.8. The Morgan fingerprint density at radius 2 is 1.38 bits per heavy atom. The summed E-state index contributed by atoms with van der Waals surface area (Å²) in [5, 5.41) is 0. The molecule has 2 nitrogen and oxygen atoms in total. The molecular formula is C32H33N2+. The Balaban J connectivity index is 1.78. The zero-order chi connectivity index (χ0) is 24.0. The van der Waals surface area contributed by atoms with E-state index in [1.807, 2.05) is 0 Å². The van der Waals surface area contributed by atoms with Gasteiger partial charge in [-0.05, 0) is 77.4 Å². The van der Waals surface area contributed by atoms with Gasteiger partial charge in [-0.1, -0.05) is 81.4 Å². The quantitative estimate of drug-likeness (QED) is 0.252. The fourth-order valence-electron chi connectivity index (χ4n) is 4.80. The molecule has 0 fully saturated rings. The molecule has 5 aromatic rings. The number of nitrogens with zero attached hydrogens (tertiary/aromatic N) is 2. The maximum Gasteiger partial charge on any atom is 0.295 e. The Bertz CT molecular complexity index is 1480. The fourth-order valence-corrected chi connectivity index (χ4v) is 4.80. The monoisotopic (exact) mass is 445 g/mol. The zero-order valence-corrected chi connectivity index (χ0v) is 21.1. The van der Waals surface area contributed by atoms with Crippen molar-refractivity contribution in [3.8, 4) is 28.2 Å². The number of benzene rings is 4. The topological polar surface area (TPSA) is 8.81 Å². The van der Waals surface area contributed by atoms with E-state index in [9.17, 15) is 0 Å². The third-order valence-corrected chi connectivity index (χ3v) is 6.84. The SMILES string of the molecule is Cc1ccc2c(c1)n(-c1ccc(-c3ccccc3)cc1)c(-c1cc(C(C)(C)C)ccc1C)[n+]2C.